The van der Waals surface area contributed by atoms with Crippen molar-refractivity contribution < 1.29 is 10.1 Å². The van der Waals surface area contributed by atoms with Crippen LogP contribution in [0.2, 0.25) is 0 Å². The SMILES string of the molecule is CC(C)CC(C)CC(C)CC(C)COO. The Kier molecular flexibility index (Phi) is 8.07. The average Bonchev–Trinajstić information content (AvgIpc) is 2.00. The van der Waals surface area contributed by atoms with Gasteiger partial charge in [0.1, 0.15) is 0 Å². The monoisotopic (exact) mass is 216 g/mol. The Balaban J connectivity index is 3.67. The van der Waals surface area contributed by atoms with Crippen LogP contribution in [0, 0.1) is 23.7 Å². The molecule has 3 atom stereocenters. The Morgan fingerprint density at radius 3 is 1.73 bits per heavy atom. The average molecular weight is 216 g/mol. The van der Waals surface area contributed by atoms with E-state index in [2.05, 4.69) is 39.5 Å². The highest BCUT2D eigenvalue weighted by Crippen LogP contribution is 2.23. The molecule has 0 aromatic rings. The topological polar surface area (TPSA) is 29.5 Å². The Morgan fingerprint density at radius 2 is 1.27 bits per heavy atom. The predicted octanol–water partition coefficient (Wildman–Crippen LogP) is 4.21. The van der Waals surface area contributed by atoms with Crippen LogP contribution < -0.4 is 0 Å². The van der Waals surface area contributed by atoms with Gasteiger partial charge < -0.3 is 0 Å². The van der Waals surface area contributed by atoms with E-state index >= 15 is 0 Å². The number of hydrogen-bond acceptors (Lipinski definition) is 2. The van der Waals surface area contributed by atoms with Gasteiger partial charge >= 0.3 is 0 Å². The fraction of sp³-hybridized carbons (Fsp3) is 1.00. The summed E-state index contributed by atoms with van der Waals surface area (Å²) >= 11 is 0. The lowest BCUT2D eigenvalue weighted by Gasteiger charge is -2.21. The summed E-state index contributed by atoms with van der Waals surface area (Å²) in [6, 6.07) is 0. The van der Waals surface area contributed by atoms with Gasteiger partial charge in [0.05, 0.1) is 6.61 Å². The quantitative estimate of drug-likeness (QED) is 0.486. The lowest BCUT2D eigenvalue weighted by Crippen LogP contribution is -2.12. The summed E-state index contributed by atoms with van der Waals surface area (Å²) in [6.07, 6.45) is 3.74. The lowest BCUT2D eigenvalue weighted by molar-refractivity contribution is -0.250. The van der Waals surface area contributed by atoms with Crippen molar-refractivity contribution in [2.24, 2.45) is 23.7 Å². The van der Waals surface area contributed by atoms with E-state index in [0.29, 0.717) is 12.5 Å². The van der Waals surface area contributed by atoms with Gasteiger partial charge in [-0.05, 0) is 42.9 Å². The van der Waals surface area contributed by atoms with Crippen molar-refractivity contribution in [2.75, 3.05) is 6.61 Å². The van der Waals surface area contributed by atoms with Gasteiger partial charge in [-0.25, -0.2) is 4.89 Å². The van der Waals surface area contributed by atoms with Gasteiger partial charge in [-0.2, -0.15) is 0 Å². The zero-order valence-corrected chi connectivity index (χ0v) is 11.0. The molecule has 0 bridgehead atoms. The van der Waals surface area contributed by atoms with Crippen LogP contribution in [0.1, 0.15) is 53.9 Å². The third-order valence-electron chi connectivity index (χ3n) is 2.84. The molecule has 0 saturated heterocycles. The van der Waals surface area contributed by atoms with Crippen molar-refractivity contribution in [2.45, 2.75) is 53.9 Å². The van der Waals surface area contributed by atoms with Crippen molar-refractivity contribution in [3.63, 3.8) is 0 Å². The molecule has 0 rings (SSSR count). The molecule has 2 nitrogen and oxygen atoms in total. The van der Waals surface area contributed by atoms with Gasteiger partial charge in [0.25, 0.3) is 0 Å². The first-order valence-corrected chi connectivity index (χ1v) is 6.22. The fourth-order valence-corrected chi connectivity index (χ4v) is 2.57. The van der Waals surface area contributed by atoms with Gasteiger partial charge in [0.2, 0.25) is 0 Å². The third kappa shape index (κ3) is 8.88. The van der Waals surface area contributed by atoms with Crippen LogP contribution in [-0.2, 0) is 4.89 Å². The lowest BCUT2D eigenvalue weighted by atomic mass is 9.86. The molecule has 0 amide bonds. The van der Waals surface area contributed by atoms with E-state index in [9.17, 15) is 0 Å². The van der Waals surface area contributed by atoms with Crippen LogP contribution in [0.5, 0.6) is 0 Å². The minimum atomic E-state index is 0.455. The summed E-state index contributed by atoms with van der Waals surface area (Å²) in [5.74, 6) is 2.78. The zero-order valence-electron chi connectivity index (χ0n) is 11.0. The second-order valence-corrected chi connectivity index (χ2v) is 5.71. The second-order valence-electron chi connectivity index (χ2n) is 5.71. The fourth-order valence-electron chi connectivity index (χ4n) is 2.57. The van der Waals surface area contributed by atoms with Crippen LogP contribution in [-0.4, -0.2) is 11.9 Å². The smallest absolute Gasteiger partial charge is 0.0845 e. The van der Waals surface area contributed by atoms with Gasteiger partial charge in [-0.15, -0.1) is 0 Å². The van der Waals surface area contributed by atoms with Crippen molar-refractivity contribution in [3.8, 4) is 0 Å². The highest BCUT2D eigenvalue weighted by Gasteiger charge is 2.13. The number of rotatable bonds is 8. The highest BCUT2D eigenvalue weighted by molar-refractivity contribution is 4.64. The van der Waals surface area contributed by atoms with Crippen molar-refractivity contribution >= 4 is 0 Å². The van der Waals surface area contributed by atoms with E-state index in [0.717, 1.165) is 24.2 Å². The van der Waals surface area contributed by atoms with Crippen LogP contribution >= 0.6 is 0 Å². The maximum atomic E-state index is 8.35. The molecule has 0 saturated carbocycles. The molecule has 3 unspecified atom stereocenters. The molecule has 0 aliphatic heterocycles. The third-order valence-corrected chi connectivity index (χ3v) is 2.84. The molecule has 0 aliphatic rings. The van der Waals surface area contributed by atoms with Crippen molar-refractivity contribution in [1.29, 1.82) is 0 Å². The zero-order chi connectivity index (χ0) is 11.8. The highest BCUT2D eigenvalue weighted by atomic mass is 17.1. The molecule has 0 spiro atoms. The molecule has 0 aromatic heterocycles. The van der Waals surface area contributed by atoms with Crippen molar-refractivity contribution in [1.82, 2.24) is 0 Å². The van der Waals surface area contributed by atoms with E-state index in [1.165, 1.54) is 12.8 Å². The molecule has 0 aliphatic carbocycles. The summed E-state index contributed by atoms with van der Waals surface area (Å²) in [6.45, 7) is 11.8. The van der Waals surface area contributed by atoms with E-state index in [1.807, 2.05) is 0 Å². The molecule has 1 N–H and O–H groups in total. The Labute approximate surface area is 95.0 Å². The minimum Gasteiger partial charge on any atom is -0.252 e. The summed E-state index contributed by atoms with van der Waals surface area (Å²) in [5.41, 5.74) is 0. The summed E-state index contributed by atoms with van der Waals surface area (Å²) in [5, 5.41) is 8.35. The first kappa shape index (κ1) is 14.9. The summed E-state index contributed by atoms with van der Waals surface area (Å²) in [4.78, 5) is 4.17. The van der Waals surface area contributed by atoms with E-state index < -0.39 is 0 Å². The van der Waals surface area contributed by atoms with Crippen LogP contribution in [0.3, 0.4) is 0 Å². The molecule has 0 heterocycles. The largest absolute Gasteiger partial charge is 0.252 e. The normalized spacial score (nSPS) is 17.8. The molecular weight excluding hydrogens is 188 g/mol. The maximum Gasteiger partial charge on any atom is 0.0845 e. The molecular formula is C13H28O2. The van der Waals surface area contributed by atoms with Crippen LogP contribution in [0.15, 0.2) is 0 Å². The van der Waals surface area contributed by atoms with Crippen LogP contribution in [0.4, 0.5) is 0 Å². The molecule has 0 fully saturated rings. The van der Waals surface area contributed by atoms with Crippen LogP contribution in [0.25, 0.3) is 0 Å². The van der Waals surface area contributed by atoms with Crippen molar-refractivity contribution in [3.05, 3.63) is 0 Å². The van der Waals surface area contributed by atoms with Gasteiger partial charge in [-0.1, -0.05) is 34.6 Å². The Bertz CT molecular complexity index is 145. The first-order chi connectivity index (χ1) is 6.95. The molecule has 2 heteroatoms. The minimum absolute atomic E-state index is 0.455. The van der Waals surface area contributed by atoms with Gasteiger partial charge in [-0.3, -0.25) is 5.26 Å². The number of hydrogen-bond donors (Lipinski definition) is 1. The predicted molar refractivity (Wildman–Crippen MR) is 64.8 cm³/mol. The summed E-state index contributed by atoms with van der Waals surface area (Å²) < 4.78 is 0. The maximum absolute atomic E-state index is 8.35. The molecule has 0 aromatic carbocycles. The molecule has 92 valence electrons. The standard InChI is InChI=1S/C13H28O2/c1-10(2)6-11(3)7-12(4)8-13(5)9-15-14/h10-14H,6-9H2,1-5H3. The second kappa shape index (κ2) is 8.12. The van der Waals surface area contributed by atoms with E-state index in [-0.39, 0.29) is 0 Å². The van der Waals surface area contributed by atoms with Gasteiger partial charge in [0.15, 0.2) is 0 Å². The first-order valence-electron chi connectivity index (χ1n) is 6.22. The van der Waals surface area contributed by atoms with Gasteiger partial charge in [0, 0.05) is 0 Å². The molecule has 15 heavy (non-hydrogen) atoms. The van der Waals surface area contributed by atoms with E-state index in [1.54, 1.807) is 0 Å². The molecule has 0 radical (unpaired) electrons. The Hall–Kier alpha value is -0.0800. The Morgan fingerprint density at radius 1 is 0.800 bits per heavy atom. The van der Waals surface area contributed by atoms with E-state index in [4.69, 9.17) is 5.26 Å². The summed E-state index contributed by atoms with van der Waals surface area (Å²) in [7, 11) is 0.